The van der Waals surface area contributed by atoms with E-state index in [4.69, 9.17) is 5.11 Å². The van der Waals surface area contributed by atoms with Crippen molar-refractivity contribution in [1.82, 2.24) is 5.32 Å². The molecule has 0 unspecified atom stereocenters. The summed E-state index contributed by atoms with van der Waals surface area (Å²) in [6.07, 6.45) is 0.924. The third-order valence-corrected chi connectivity index (χ3v) is 3.86. The maximum absolute atomic E-state index is 11.8. The maximum Gasteiger partial charge on any atom is 0.249 e. The Kier molecular flexibility index (Phi) is 7.92. The molecule has 0 aromatic heterocycles. The summed E-state index contributed by atoms with van der Waals surface area (Å²) in [5, 5.41) is 21.6. The van der Waals surface area contributed by atoms with Crippen molar-refractivity contribution in [2.24, 2.45) is 5.41 Å². The van der Waals surface area contributed by atoms with Gasteiger partial charge in [0.1, 0.15) is 11.9 Å². The summed E-state index contributed by atoms with van der Waals surface area (Å²) < 4.78 is 0. The number of nitrogens with one attached hydrogen (secondary N) is 1. The number of hydrogen-bond acceptors (Lipinski definition) is 4. The molecule has 23 heavy (non-hydrogen) atoms. The molecule has 0 fully saturated rings. The molecular formula is C18H27NO4. The zero-order valence-electron chi connectivity index (χ0n) is 13.9. The van der Waals surface area contributed by atoms with Gasteiger partial charge >= 0.3 is 0 Å². The van der Waals surface area contributed by atoms with Crippen molar-refractivity contribution in [2.45, 2.75) is 45.6 Å². The molecule has 5 heteroatoms. The average Bonchev–Trinajstić information content (AvgIpc) is 2.56. The van der Waals surface area contributed by atoms with Crippen molar-refractivity contribution in [1.29, 1.82) is 0 Å². The molecule has 1 amide bonds. The van der Waals surface area contributed by atoms with Crippen LogP contribution in [0.4, 0.5) is 0 Å². The summed E-state index contributed by atoms with van der Waals surface area (Å²) in [4.78, 5) is 23.6. The normalized spacial score (nSPS) is 12.7. The number of aliphatic hydroxyl groups is 2. The van der Waals surface area contributed by atoms with Gasteiger partial charge in [0.2, 0.25) is 5.91 Å². The van der Waals surface area contributed by atoms with Crippen molar-refractivity contribution in [3.63, 3.8) is 0 Å². The SMILES string of the molecule is CC(C)(CO)[C@@H](O)C(=O)NCCCC(=O)CCc1ccccc1. The topological polar surface area (TPSA) is 86.6 Å². The Morgan fingerprint density at radius 2 is 1.83 bits per heavy atom. The third-order valence-electron chi connectivity index (χ3n) is 3.86. The van der Waals surface area contributed by atoms with Crippen molar-refractivity contribution in [3.8, 4) is 0 Å². The highest BCUT2D eigenvalue weighted by molar-refractivity contribution is 5.81. The summed E-state index contributed by atoms with van der Waals surface area (Å²) in [6.45, 7) is 3.29. The van der Waals surface area contributed by atoms with Crippen LogP contribution in [0.25, 0.3) is 0 Å². The summed E-state index contributed by atoms with van der Waals surface area (Å²) in [6, 6.07) is 9.85. The molecule has 1 atom stereocenters. The minimum Gasteiger partial charge on any atom is -0.396 e. The first-order valence-corrected chi connectivity index (χ1v) is 7.99. The fourth-order valence-corrected chi connectivity index (χ4v) is 2.09. The van der Waals surface area contributed by atoms with E-state index in [1.807, 2.05) is 30.3 Å². The number of hydrogen-bond donors (Lipinski definition) is 3. The number of amides is 1. The minimum atomic E-state index is -1.26. The number of aryl methyl sites for hydroxylation is 1. The standard InChI is InChI=1S/C18H27NO4/c1-18(2,13-20)16(22)17(23)19-12-6-9-15(21)11-10-14-7-4-3-5-8-14/h3-5,7-8,16,20,22H,6,9-13H2,1-2H3,(H,19,23)/t16-/m0/s1. The molecule has 0 saturated carbocycles. The summed E-state index contributed by atoms with van der Waals surface area (Å²) in [5.74, 6) is -0.347. The van der Waals surface area contributed by atoms with Gasteiger partial charge in [0.25, 0.3) is 0 Å². The molecule has 0 heterocycles. The maximum atomic E-state index is 11.8. The van der Waals surface area contributed by atoms with Crippen molar-refractivity contribution in [3.05, 3.63) is 35.9 Å². The van der Waals surface area contributed by atoms with Gasteiger partial charge in [-0.1, -0.05) is 44.2 Å². The van der Waals surface area contributed by atoms with Gasteiger partial charge in [-0.25, -0.2) is 0 Å². The molecular weight excluding hydrogens is 294 g/mol. The third kappa shape index (κ3) is 6.93. The molecule has 5 nitrogen and oxygen atoms in total. The Hall–Kier alpha value is -1.72. The molecule has 1 rings (SSSR count). The van der Waals surface area contributed by atoms with Crippen LogP contribution in [0.3, 0.4) is 0 Å². The first kappa shape index (κ1) is 19.3. The highest BCUT2D eigenvalue weighted by Gasteiger charge is 2.32. The summed E-state index contributed by atoms with van der Waals surface area (Å²) in [5.41, 5.74) is 0.263. The molecule has 1 aromatic rings. The van der Waals surface area contributed by atoms with Gasteiger partial charge in [-0.05, 0) is 18.4 Å². The van der Waals surface area contributed by atoms with Crippen LogP contribution < -0.4 is 5.32 Å². The zero-order valence-corrected chi connectivity index (χ0v) is 13.9. The molecule has 0 spiro atoms. The fraction of sp³-hybridized carbons (Fsp3) is 0.556. The Labute approximate surface area is 137 Å². The highest BCUT2D eigenvalue weighted by Crippen LogP contribution is 2.19. The van der Waals surface area contributed by atoms with Crippen LogP contribution >= 0.6 is 0 Å². The van der Waals surface area contributed by atoms with E-state index < -0.39 is 17.4 Å². The van der Waals surface area contributed by atoms with Crippen molar-refractivity contribution < 1.29 is 19.8 Å². The second-order valence-corrected chi connectivity index (χ2v) is 6.47. The van der Waals surface area contributed by atoms with E-state index in [2.05, 4.69) is 5.32 Å². The van der Waals surface area contributed by atoms with Crippen LogP contribution in [-0.2, 0) is 16.0 Å². The van der Waals surface area contributed by atoms with Crippen LogP contribution in [0.15, 0.2) is 30.3 Å². The Bertz CT molecular complexity index is 499. The second-order valence-electron chi connectivity index (χ2n) is 6.47. The van der Waals surface area contributed by atoms with Crippen LogP contribution in [0.5, 0.6) is 0 Å². The zero-order chi connectivity index (χ0) is 17.3. The predicted octanol–water partition coefficient (Wildman–Crippen LogP) is 1.46. The number of Topliss-reactive ketones (excluding diaryl/α,β-unsaturated/α-hetero) is 1. The van der Waals surface area contributed by atoms with E-state index in [0.29, 0.717) is 25.8 Å². The van der Waals surface area contributed by atoms with Crippen LogP contribution in [0.1, 0.15) is 38.7 Å². The minimum absolute atomic E-state index is 0.166. The number of carbonyl (C=O) groups excluding carboxylic acids is 2. The van der Waals surface area contributed by atoms with Crippen molar-refractivity contribution in [2.75, 3.05) is 13.2 Å². The van der Waals surface area contributed by atoms with Gasteiger partial charge in [-0.15, -0.1) is 0 Å². The molecule has 0 aliphatic heterocycles. The van der Waals surface area contributed by atoms with E-state index in [1.165, 1.54) is 0 Å². The largest absolute Gasteiger partial charge is 0.396 e. The monoisotopic (exact) mass is 321 g/mol. The van der Waals surface area contributed by atoms with E-state index in [9.17, 15) is 14.7 Å². The van der Waals surface area contributed by atoms with E-state index in [-0.39, 0.29) is 12.4 Å². The summed E-state index contributed by atoms with van der Waals surface area (Å²) >= 11 is 0. The molecule has 0 radical (unpaired) electrons. The quantitative estimate of drug-likeness (QED) is 0.570. The lowest BCUT2D eigenvalue weighted by atomic mass is 9.87. The van der Waals surface area contributed by atoms with Gasteiger partial charge in [-0.2, -0.15) is 0 Å². The Morgan fingerprint density at radius 3 is 2.43 bits per heavy atom. The van der Waals surface area contributed by atoms with Crippen LogP contribution in [0, 0.1) is 5.41 Å². The summed E-state index contributed by atoms with van der Waals surface area (Å²) in [7, 11) is 0. The number of carbonyl (C=O) groups is 2. The lowest BCUT2D eigenvalue weighted by Crippen LogP contribution is -2.45. The molecule has 0 saturated heterocycles. The predicted molar refractivity (Wildman–Crippen MR) is 88.9 cm³/mol. The second kappa shape index (κ2) is 9.43. The van der Waals surface area contributed by atoms with Gasteiger partial charge in [0.15, 0.2) is 0 Å². The fourth-order valence-electron chi connectivity index (χ4n) is 2.09. The Morgan fingerprint density at radius 1 is 1.17 bits per heavy atom. The van der Waals surface area contributed by atoms with Gasteiger partial charge in [0.05, 0.1) is 6.61 Å². The van der Waals surface area contributed by atoms with Gasteiger partial charge in [0, 0.05) is 24.8 Å². The lowest BCUT2D eigenvalue weighted by Gasteiger charge is -2.27. The molecule has 128 valence electrons. The smallest absolute Gasteiger partial charge is 0.249 e. The Balaban J connectivity index is 2.19. The van der Waals surface area contributed by atoms with E-state index in [1.54, 1.807) is 13.8 Å². The molecule has 3 N–H and O–H groups in total. The number of benzene rings is 1. The average molecular weight is 321 g/mol. The van der Waals surface area contributed by atoms with E-state index >= 15 is 0 Å². The number of ketones is 1. The molecule has 0 aliphatic rings. The van der Waals surface area contributed by atoms with Crippen LogP contribution in [0.2, 0.25) is 0 Å². The molecule has 0 aliphatic carbocycles. The van der Waals surface area contributed by atoms with E-state index in [0.717, 1.165) is 12.0 Å². The number of rotatable bonds is 10. The van der Waals surface area contributed by atoms with Gasteiger partial charge in [-0.3, -0.25) is 9.59 Å². The highest BCUT2D eigenvalue weighted by atomic mass is 16.3. The molecule has 0 bridgehead atoms. The first-order valence-electron chi connectivity index (χ1n) is 7.99. The first-order chi connectivity index (χ1) is 10.9. The molecule has 1 aromatic carbocycles. The van der Waals surface area contributed by atoms with Crippen molar-refractivity contribution >= 4 is 11.7 Å². The lowest BCUT2D eigenvalue weighted by molar-refractivity contribution is -0.137. The van der Waals surface area contributed by atoms with Crippen LogP contribution in [-0.4, -0.2) is 41.2 Å². The van der Waals surface area contributed by atoms with Gasteiger partial charge < -0.3 is 15.5 Å². The number of aliphatic hydroxyl groups excluding tert-OH is 2.